The van der Waals surface area contributed by atoms with Crippen LogP contribution in [0.25, 0.3) is 0 Å². The van der Waals surface area contributed by atoms with Crippen molar-refractivity contribution in [2.24, 2.45) is 5.73 Å². The normalized spacial score (nSPS) is 17.5. The fourth-order valence-electron chi connectivity index (χ4n) is 2.42. The number of benzene rings is 1. The summed E-state index contributed by atoms with van der Waals surface area (Å²) in [5, 5.41) is 0. The van der Waals surface area contributed by atoms with E-state index in [1.165, 1.54) is 29.9 Å². The Morgan fingerprint density at radius 1 is 1.18 bits per heavy atom. The molecule has 2 nitrogen and oxygen atoms in total. The van der Waals surface area contributed by atoms with E-state index in [1.54, 1.807) is 0 Å². The van der Waals surface area contributed by atoms with Gasteiger partial charge in [-0.25, -0.2) is 0 Å². The van der Waals surface area contributed by atoms with Gasteiger partial charge in [0.2, 0.25) is 0 Å². The van der Waals surface area contributed by atoms with Crippen molar-refractivity contribution in [3.63, 3.8) is 0 Å². The van der Waals surface area contributed by atoms with Crippen LogP contribution in [0.5, 0.6) is 0 Å². The molecule has 17 heavy (non-hydrogen) atoms. The molecule has 1 aromatic rings. The third-order valence-electron chi connectivity index (χ3n) is 3.35. The fourth-order valence-corrected chi connectivity index (χ4v) is 3.51. The molecule has 1 heterocycles. The van der Waals surface area contributed by atoms with Crippen LogP contribution in [-0.2, 0) is 6.54 Å². The van der Waals surface area contributed by atoms with Gasteiger partial charge in [0.15, 0.2) is 0 Å². The minimum atomic E-state index is 0.736. The number of hydrogen-bond donors (Lipinski definition) is 1. The summed E-state index contributed by atoms with van der Waals surface area (Å²) < 4.78 is 0. The van der Waals surface area contributed by atoms with E-state index in [0.29, 0.717) is 0 Å². The monoisotopic (exact) mass is 250 g/mol. The molecule has 0 spiro atoms. The highest BCUT2D eigenvalue weighted by Gasteiger charge is 2.20. The van der Waals surface area contributed by atoms with Gasteiger partial charge >= 0.3 is 0 Å². The summed E-state index contributed by atoms with van der Waals surface area (Å²) in [4.78, 5) is 2.56. The molecule has 1 fully saturated rings. The van der Waals surface area contributed by atoms with Crippen LogP contribution in [0.4, 0.5) is 0 Å². The molecule has 0 saturated carbocycles. The summed E-state index contributed by atoms with van der Waals surface area (Å²) in [7, 11) is 0. The molecular formula is C14H22N2S. The first kappa shape index (κ1) is 12.9. The highest BCUT2D eigenvalue weighted by atomic mass is 32.2. The van der Waals surface area contributed by atoms with Crippen LogP contribution in [0.2, 0.25) is 0 Å². The van der Waals surface area contributed by atoms with E-state index in [9.17, 15) is 0 Å². The van der Waals surface area contributed by atoms with Crippen LogP contribution in [0.15, 0.2) is 30.3 Å². The average molecular weight is 250 g/mol. The average Bonchev–Trinajstić information content (AvgIpc) is 2.40. The first-order valence-corrected chi connectivity index (χ1v) is 7.61. The lowest BCUT2D eigenvalue weighted by atomic mass is 10.1. The van der Waals surface area contributed by atoms with E-state index in [2.05, 4.69) is 47.0 Å². The Morgan fingerprint density at radius 2 is 1.88 bits per heavy atom. The number of hydrogen-bond acceptors (Lipinski definition) is 3. The van der Waals surface area contributed by atoms with Gasteiger partial charge in [0, 0.05) is 25.7 Å². The summed E-state index contributed by atoms with van der Waals surface area (Å²) >= 11 is 2.08. The largest absolute Gasteiger partial charge is 0.329 e. The van der Waals surface area contributed by atoms with Crippen LogP contribution in [0, 0.1) is 0 Å². The lowest BCUT2D eigenvalue weighted by Crippen LogP contribution is -2.40. The lowest BCUT2D eigenvalue weighted by molar-refractivity contribution is 0.182. The molecule has 0 atom stereocenters. The maximum atomic E-state index is 5.74. The third-order valence-corrected chi connectivity index (χ3v) is 4.40. The summed E-state index contributed by atoms with van der Waals surface area (Å²) in [5.41, 5.74) is 7.14. The molecule has 0 radical (unpaired) electrons. The molecule has 0 unspecified atom stereocenters. The first-order chi connectivity index (χ1) is 8.40. The lowest BCUT2D eigenvalue weighted by Gasteiger charge is -2.34. The molecule has 3 heteroatoms. The van der Waals surface area contributed by atoms with Crippen molar-refractivity contribution in [1.82, 2.24) is 4.90 Å². The number of nitrogens with zero attached hydrogens (tertiary/aromatic N) is 1. The van der Waals surface area contributed by atoms with Crippen LogP contribution in [0.3, 0.4) is 0 Å². The Balaban J connectivity index is 1.96. The molecule has 94 valence electrons. The predicted molar refractivity (Wildman–Crippen MR) is 76.3 cm³/mol. The summed E-state index contributed by atoms with van der Waals surface area (Å²) in [6.45, 7) is 2.83. The highest BCUT2D eigenvalue weighted by molar-refractivity contribution is 7.99. The van der Waals surface area contributed by atoms with Crippen molar-refractivity contribution >= 4 is 11.8 Å². The van der Waals surface area contributed by atoms with E-state index in [0.717, 1.165) is 25.7 Å². The van der Waals surface area contributed by atoms with Gasteiger partial charge < -0.3 is 5.73 Å². The predicted octanol–water partition coefficient (Wildman–Crippen LogP) is 2.34. The zero-order valence-electron chi connectivity index (χ0n) is 10.3. The van der Waals surface area contributed by atoms with Gasteiger partial charge in [0.25, 0.3) is 0 Å². The quantitative estimate of drug-likeness (QED) is 0.870. The molecular weight excluding hydrogens is 228 g/mol. The minimum Gasteiger partial charge on any atom is -0.329 e. The van der Waals surface area contributed by atoms with Gasteiger partial charge in [-0.1, -0.05) is 30.3 Å². The van der Waals surface area contributed by atoms with Crippen molar-refractivity contribution in [2.75, 3.05) is 24.6 Å². The number of rotatable bonds is 5. The molecule has 1 aliphatic heterocycles. The van der Waals surface area contributed by atoms with Gasteiger partial charge in [-0.05, 0) is 29.9 Å². The third kappa shape index (κ3) is 4.02. The molecule has 2 rings (SSSR count). The Morgan fingerprint density at radius 3 is 2.53 bits per heavy atom. The highest BCUT2D eigenvalue weighted by Crippen LogP contribution is 2.22. The van der Waals surface area contributed by atoms with Crippen molar-refractivity contribution in [1.29, 1.82) is 0 Å². The zero-order chi connectivity index (χ0) is 11.9. The minimum absolute atomic E-state index is 0.736. The topological polar surface area (TPSA) is 29.3 Å². The van der Waals surface area contributed by atoms with Crippen molar-refractivity contribution < 1.29 is 0 Å². The second-order valence-corrected chi connectivity index (χ2v) is 5.81. The fraction of sp³-hybridized carbons (Fsp3) is 0.571. The Hall–Kier alpha value is -0.510. The smallest absolute Gasteiger partial charge is 0.0237 e. The Labute approximate surface area is 109 Å². The van der Waals surface area contributed by atoms with E-state index in [-0.39, 0.29) is 0 Å². The molecule has 0 aromatic heterocycles. The van der Waals surface area contributed by atoms with Crippen LogP contribution in [-0.4, -0.2) is 35.5 Å². The van der Waals surface area contributed by atoms with Gasteiger partial charge in [-0.15, -0.1) is 0 Å². The maximum absolute atomic E-state index is 5.74. The van der Waals surface area contributed by atoms with Gasteiger partial charge in [-0.3, -0.25) is 4.90 Å². The second kappa shape index (κ2) is 7.04. The summed E-state index contributed by atoms with van der Waals surface area (Å²) in [5.74, 6) is 2.61. The van der Waals surface area contributed by atoms with Gasteiger partial charge in [0.05, 0.1) is 0 Å². The SMILES string of the molecule is NCCN(Cc1ccccc1)C1CCSCC1. The van der Waals surface area contributed by atoms with Crippen molar-refractivity contribution in [3.05, 3.63) is 35.9 Å². The molecule has 1 aliphatic rings. The van der Waals surface area contributed by atoms with E-state index in [4.69, 9.17) is 5.73 Å². The van der Waals surface area contributed by atoms with E-state index < -0.39 is 0 Å². The van der Waals surface area contributed by atoms with E-state index >= 15 is 0 Å². The Bertz CT molecular complexity index is 309. The first-order valence-electron chi connectivity index (χ1n) is 6.46. The van der Waals surface area contributed by atoms with Crippen LogP contribution < -0.4 is 5.73 Å². The molecule has 1 saturated heterocycles. The molecule has 0 aliphatic carbocycles. The standard InChI is InChI=1S/C14H22N2S/c15-8-9-16(14-6-10-17-11-7-14)12-13-4-2-1-3-5-13/h1-5,14H,6-12,15H2. The Kier molecular flexibility index (Phi) is 5.36. The van der Waals surface area contributed by atoms with Crippen LogP contribution in [0.1, 0.15) is 18.4 Å². The summed E-state index contributed by atoms with van der Waals surface area (Å²) in [6.07, 6.45) is 2.63. The number of nitrogens with two attached hydrogens (primary N) is 1. The molecule has 0 bridgehead atoms. The summed E-state index contributed by atoms with van der Waals surface area (Å²) in [6, 6.07) is 11.5. The van der Waals surface area contributed by atoms with Crippen molar-refractivity contribution in [2.45, 2.75) is 25.4 Å². The zero-order valence-corrected chi connectivity index (χ0v) is 11.2. The van der Waals surface area contributed by atoms with Crippen molar-refractivity contribution in [3.8, 4) is 0 Å². The molecule has 2 N–H and O–H groups in total. The van der Waals surface area contributed by atoms with E-state index in [1.807, 2.05) is 0 Å². The molecule has 1 aromatic carbocycles. The van der Waals surface area contributed by atoms with Crippen LogP contribution >= 0.6 is 11.8 Å². The van der Waals surface area contributed by atoms with Gasteiger partial charge in [0.1, 0.15) is 0 Å². The number of thioether (sulfide) groups is 1. The molecule has 0 amide bonds. The maximum Gasteiger partial charge on any atom is 0.0237 e. The van der Waals surface area contributed by atoms with Gasteiger partial charge in [-0.2, -0.15) is 11.8 Å². The second-order valence-electron chi connectivity index (χ2n) is 4.59.